The Balaban J connectivity index is 1.84. The van der Waals surface area contributed by atoms with E-state index in [0.29, 0.717) is 11.3 Å². The molecule has 0 unspecified atom stereocenters. The summed E-state index contributed by atoms with van der Waals surface area (Å²) in [4.78, 5) is 18.3. The zero-order valence-electron chi connectivity index (χ0n) is 12.2. The first-order valence-corrected chi connectivity index (χ1v) is 7.00. The fraction of sp³-hybridized carbons (Fsp3) is 0.111. The highest BCUT2D eigenvalue weighted by Gasteiger charge is 2.15. The van der Waals surface area contributed by atoms with Gasteiger partial charge >= 0.3 is 0 Å². The molecule has 0 fully saturated rings. The number of pyridine rings is 1. The van der Waals surface area contributed by atoms with Crippen molar-refractivity contribution in [2.45, 2.75) is 6.54 Å². The Bertz CT molecular complexity index is 832. The average molecular weight is 294 g/mol. The number of rotatable bonds is 3. The molecule has 4 heteroatoms. The zero-order valence-corrected chi connectivity index (χ0v) is 12.2. The molecule has 3 aromatic rings. The van der Waals surface area contributed by atoms with E-state index in [4.69, 9.17) is 0 Å². The normalized spacial score (nSPS) is 10.6. The third kappa shape index (κ3) is 2.81. The summed E-state index contributed by atoms with van der Waals surface area (Å²) >= 11 is 0. The van der Waals surface area contributed by atoms with E-state index in [1.54, 1.807) is 31.3 Å². The van der Waals surface area contributed by atoms with Gasteiger partial charge in [-0.05, 0) is 18.2 Å². The van der Waals surface area contributed by atoms with Crippen molar-refractivity contribution in [2.24, 2.45) is 0 Å². The third-order valence-electron chi connectivity index (χ3n) is 3.53. The maximum Gasteiger partial charge on any atom is 0.272 e. The summed E-state index contributed by atoms with van der Waals surface area (Å²) in [7, 11) is 1.64. The Labute approximate surface area is 128 Å². The van der Waals surface area contributed by atoms with Crippen molar-refractivity contribution in [3.63, 3.8) is 0 Å². The van der Waals surface area contributed by atoms with E-state index in [9.17, 15) is 9.18 Å². The van der Waals surface area contributed by atoms with Gasteiger partial charge < -0.3 is 4.90 Å². The lowest BCUT2D eigenvalue weighted by Gasteiger charge is -2.17. The van der Waals surface area contributed by atoms with Gasteiger partial charge in [-0.15, -0.1) is 0 Å². The van der Waals surface area contributed by atoms with Crippen LogP contribution in [0.2, 0.25) is 0 Å². The Kier molecular flexibility index (Phi) is 3.83. The lowest BCUT2D eigenvalue weighted by atomic mass is 10.1. The van der Waals surface area contributed by atoms with Crippen molar-refractivity contribution < 1.29 is 9.18 Å². The second-order valence-electron chi connectivity index (χ2n) is 5.14. The molecule has 110 valence electrons. The molecule has 0 atom stereocenters. The number of carbonyl (C=O) groups excluding carboxylic acids is 1. The highest BCUT2D eigenvalue weighted by atomic mass is 19.1. The number of nitrogens with zero attached hydrogens (tertiary/aromatic N) is 2. The van der Waals surface area contributed by atoms with Crippen LogP contribution >= 0.6 is 0 Å². The number of fused-ring (bicyclic) bond motifs is 1. The maximum atomic E-state index is 13.7. The van der Waals surface area contributed by atoms with E-state index in [2.05, 4.69) is 4.98 Å². The number of halogens is 1. The molecule has 0 saturated heterocycles. The van der Waals surface area contributed by atoms with Gasteiger partial charge in [0.2, 0.25) is 0 Å². The molecule has 3 rings (SSSR count). The second-order valence-corrected chi connectivity index (χ2v) is 5.14. The molecule has 0 saturated carbocycles. The molecule has 1 aromatic heterocycles. The molecule has 0 spiro atoms. The summed E-state index contributed by atoms with van der Waals surface area (Å²) in [5, 5.41) is 0.982. The monoisotopic (exact) mass is 294 g/mol. The lowest BCUT2D eigenvalue weighted by Crippen LogP contribution is -2.27. The van der Waals surface area contributed by atoms with Gasteiger partial charge in [0, 0.05) is 24.5 Å². The maximum absolute atomic E-state index is 13.7. The highest BCUT2D eigenvalue weighted by Crippen LogP contribution is 2.14. The van der Waals surface area contributed by atoms with Crippen LogP contribution in [-0.2, 0) is 6.54 Å². The van der Waals surface area contributed by atoms with Crippen LogP contribution in [-0.4, -0.2) is 22.8 Å². The molecular weight excluding hydrogens is 279 g/mol. The van der Waals surface area contributed by atoms with Crippen LogP contribution < -0.4 is 0 Å². The minimum Gasteiger partial charge on any atom is -0.336 e. The first kappa shape index (κ1) is 14.2. The Morgan fingerprint density at radius 2 is 1.77 bits per heavy atom. The van der Waals surface area contributed by atoms with E-state index in [0.717, 1.165) is 10.9 Å². The molecule has 2 aromatic carbocycles. The van der Waals surface area contributed by atoms with Crippen LogP contribution in [0.5, 0.6) is 0 Å². The van der Waals surface area contributed by atoms with Gasteiger partial charge in [-0.25, -0.2) is 9.37 Å². The molecule has 0 N–H and O–H groups in total. The van der Waals surface area contributed by atoms with Crippen LogP contribution in [0.3, 0.4) is 0 Å². The van der Waals surface area contributed by atoms with Gasteiger partial charge in [-0.1, -0.05) is 42.5 Å². The number of benzene rings is 2. The summed E-state index contributed by atoms with van der Waals surface area (Å²) in [5.74, 6) is -0.539. The number of amides is 1. The van der Waals surface area contributed by atoms with Crippen LogP contribution in [0.15, 0.2) is 60.7 Å². The first-order valence-electron chi connectivity index (χ1n) is 7.00. The number of hydrogen-bond donors (Lipinski definition) is 0. The summed E-state index contributed by atoms with van der Waals surface area (Å²) in [5.41, 5.74) is 1.62. The van der Waals surface area contributed by atoms with Gasteiger partial charge in [0.1, 0.15) is 11.5 Å². The molecule has 0 bridgehead atoms. The van der Waals surface area contributed by atoms with Crippen molar-refractivity contribution in [3.05, 3.63) is 77.7 Å². The summed E-state index contributed by atoms with van der Waals surface area (Å²) in [6.07, 6.45) is 0. The van der Waals surface area contributed by atoms with Crippen LogP contribution in [0.1, 0.15) is 16.1 Å². The standard InChI is InChI=1S/C18H15FN2O/c1-21(12-14-7-2-4-8-15(14)19)18(22)17-11-10-13-6-3-5-9-16(13)20-17/h2-11H,12H2,1H3. The van der Waals surface area contributed by atoms with Gasteiger partial charge in [0.05, 0.1) is 5.52 Å². The van der Waals surface area contributed by atoms with E-state index in [1.165, 1.54) is 11.0 Å². The molecule has 0 aliphatic heterocycles. The van der Waals surface area contributed by atoms with Gasteiger partial charge in [-0.3, -0.25) is 4.79 Å². The summed E-state index contributed by atoms with van der Waals surface area (Å²) in [6.45, 7) is 0.208. The number of carbonyl (C=O) groups is 1. The average Bonchev–Trinajstić information content (AvgIpc) is 2.55. The molecule has 0 radical (unpaired) electrons. The Morgan fingerprint density at radius 1 is 1.05 bits per heavy atom. The van der Waals surface area contributed by atoms with Crippen molar-refractivity contribution in [1.82, 2.24) is 9.88 Å². The van der Waals surface area contributed by atoms with E-state index >= 15 is 0 Å². The summed E-state index contributed by atoms with van der Waals surface area (Å²) < 4.78 is 13.7. The van der Waals surface area contributed by atoms with Crippen LogP contribution in [0, 0.1) is 5.82 Å². The molecule has 0 aliphatic rings. The fourth-order valence-corrected chi connectivity index (χ4v) is 2.33. The molecule has 1 heterocycles. The van der Waals surface area contributed by atoms with E-state index in [1.807, 2.05) is 30.3 Å². The van der Waals surface area contributed by atoms with Gasteiger partial charge in [0.25, 0.3) is 5.91 Å². The Morgan fingerprint density at radius 3 is 2.59 bits per heavy atom. The van der Waals surface area contributed by atoms with Crippen LogP contribution in [0.25, 0.3) is 10.9 Å². The van der Waals surface area contributed by atoms with Crippen molar-refractivity contribution in [3.8, 4) is 0 Å². The minimum absolute atomic E-state index is 0.208. The zero-order chi connectivity index (χ0) is 15.5. The molecular formula is C18H15FN2O. The molecule has 1 amide bonds. The number of hydrogen-bond acceptors (Lipinski definition) is 2. The number of para-hydroxylation sites is 1. The topological polar surface area (TPSA) is 33.2 Å². The van der Waals surface area contributed by atoms with Crippen molar-refractivity contribution in [2.75, 3.05) is 7.05 Å². The van der Waals surface area contributed by atoms with E-state index < -0.39 is 0 Å². The quantitative estimate of drug-likeness (QED) is 0.739. The SMILES string of the molecule is CN(Cc1ccccc1F)C(=O)c1ccc2ccccc2n1. The first-order chi connectivity index (χ1) is 10.6. The molecule has 22 heavy (non-hydrogen) atoms. The highest BCUT2D eigenvalue weighted by molar-refractivity contribution is 5.94. The van der Waals surface area contributed by atoms with Crippen molar-refractivity contribution >= 4 is 16.8 Å². The third-order valence-corrected chi connectivity index (χ3v) is 3.53. The molecule has 3 nitrogen and oxygen atoms in total. The Hall–Kier alpha value is -2.75. The largest absolute Gasteiger partial charge is 0.336 e. The van der Waals surface area contributed by atoms with E-state index in [-0.39, 0.29) is 18.3 Å². The smallest absolute Gasteiger partial charge is 0.272 e. The van der Waals surface area contributed by atoms with Crippen molar-refractivity contribution in [1.29, 1.82) is 0 Å². The summed E-state index contributed by atoms with van der Waals surface area (Å²) in [6, 6.07) is 17.6. The lowest BCUT2D eigenvalue weighted by molar-refractivity contribution is 0.0778. The minimum atomic E-state index is -0.311. The predicted molar refractivity (Wildman–Crippen MR) is 83.9 cm³/mol. The molecule has 0 aliphatic carbocycles. The van der Waals surface area contributed by atoms with Gasteiger partial charge in [0.15, 0.2) is 0 Å². The van der Waals surface area contributed by atoms with Gasteiger partial charge in [-0.2, -0.15) is 0 Å². The number of aromatic nitrogens is 1. The van der Waals surface area contributed by atoms with Crippen LogP contribution in [0.4, 0.5) is 4.39 Å². The second kappa shape index (κ2) is 5.93. The fourth-order valence-electron chi connectivity index (χ4n) is 2.33. The predicted octanol–water partition coefficient (Wildman–Crippen LogP) is 3.65.